The number of nitro groups is 2. The van der Waals surface area contributed by atoms with Gasteiger partial charge in [-0.15, -0.1) is 0 Å². The van der Waals surface area contributed by atoms with E-state index in [9.17, 15) is 20.2 Å². The van der Waals surface area contributed by atoms with Crippen LogP contribution < -0.4 is 0 Å². The highest BCUT2D eigenvalue weighted by Gasteiger charge is 2.42. The monoisotopic (exact) mass is 264 g/mol. The Kier molecular flexibility index (Phi) is 2.84. The Morgan fingerprint density at radius 2 is 1.53 bits per heavy atom. The molecule has 102 valence electrons. The van der Waals surface area contributed by atoms with Crippen molar-refractivity contribution in [3.8, 4) is 0 Å². The number of nitro benzene ring substituents is 2. The van der Waals surface area contributed by atoms with Gasteiger partial charge in [0.05, 0.1) is 9.85 Å². The van der Waals surface area contributed by atoms with Gasteiger partial charge in [-0.25, -0.2) is 0 Å². The highest BCUT2D eigenvalue weighted by Crippen LogP contribution is 2.49. The summed E-state index contributed by atoms with van der Waals surface area (Å²) in [5, 5.41) is 22.5. The number of rotatable bonds is 2. The molecule has 0 atom stereocenters. The zero-order chi connectivity index (χ0) is 14.5. The number of hydrogen-bond acceptors (Lipinski definition) is 4. The lowest BCUT2D eigenvalue weighted by molar-refractivity contribution is -0.396. The Morgan fingerprint density at radius 1 is 1.00 bits per heavy atom. The first-order valence-corrected chi connectivity index (χ1v) is 6.13. The van der Waals surface area contributed by atoms with Crippen LogP contribution in [0.15, 0.2) is 0 Å². The van der Waals surface area contributed by atoms with Gasteiger partial charge in [-0.2, -0.15) is 0 Å². The highest BCUT2D eigenvalue weighted by atomic mass is 16.6. The molecular weight excluding hydrogens is 248 g/mol. The van der Waals surface area contributed by atoms with Crippen LogP contribution in [0.25, 0.3) is 0 Å². The molecule has 0 aromatic heterocycles. The molecule has 2 rings (SSSR count). The van der Waals surface area contributed by atoms with Crippen molar-refractivity contribution in [3.05, 3.63) is 42.5 Å². The molecule has 0 unspecified atom stereocenters. The second kappa shape index (κ2) is 4.01. The van der Waals surface area contributed by atoms with Crippen LogP contribution in [0.5, 0.6) is 0 Å². The zero-order valence-corrected chi connectivity index (χ0v) is 11.4. The molecule has 0 spiro atoms. The summed E-state index contributed by atoms with van der Waals surface area (Å²) >= 11 is 0. The van der Waals surface area contributed by atoms with E-state index in [0.29, 0.717) is 17.5 Å². The molecule has 0 aliphatic heterocycles. The third-order valence-corrected chi connectivity index (χ3v) is 4.10. The van der Waals surface area contributed by atoms with E-state index < -0.39 is 9.85 Å². The summed E-state index contributed by atoms with van der Waals surface area (Å²) in [6.45, 7) is 7.07. The van der Waals surface area contributed by atoms with E-state index in [1.165, 1.54) is 6.92 Å². The van der Waals surface area contributed by atoms with Crippen LogP contribution >= 0.6 is 0 Å². The molecule has 19 heavy (non-hydrogen) atoms. The van der Waals surface area contributed by atoms with Gasteiger partial charge in [-0.3, -0.25) is 20.2 Å². The summed E-state index contributed by atoms with van der Waals surface area (Å²) < 4.78 is 0. The summed E-state index contributed by atoms with van der Waals surface area (Å²) in [5.41, 5.74) is 1.72. The Morgan fingerprint density at radius 3 is 2.00 bits per heavy atom. The molecular formula is C13H16N2O4. The van der Waals surface area contributed by atoms with Gasteiger partial charge in [0.15, 0.2) is 0 Å². The second-order valence-electron chi connectivity index (χ2n) is 5.70. The molecule has 1 aliphatic carbocycles. The van der Waals surface area contributed by atoms with E-state index >= 15 is 0 Å². The molecule has 1 aromatic carbocycles. The quantitative estimate of drug-likeness (QED) is 0.605. The van der Waals surface area contributed by atoms with Crippen LogP contribution in [0.2, 0.25) is 0 Å². The standard InChI is InChI=1S/C13H16N2O4/c1-7-9-5-6-13(3,4)10(9)12(15(18)19)8(2)11(7)14(16)17/h5-6H2,1-4H3. The topological polar surface area (TPSA) is 86.3 Å². The van der Waals surface area contributed by atoms with Crippen molar-refractivity contribution in [2.24, 2.45) is 0 Å². The zero-order valence-electron chi connectivity index (χ0n) is 11.4. The second-order valence-corrected chi connectivity index (χ2v) is 5.70. The van der Waals surface area contributed by atoms with Crippen molar-refractivity contribution < 1.29 is 9.85 Å². The van der Waals surface area contributed by atoms with Crippen molar-refractivity contribution in [1.29, 1.82) is 0 Å². The molecule has 0 radical (unpaired) electrons. The molecule has 0 fully saturated rings. The highest BCUT2D eigenvalue weighted by molar-refractivity contribution is 5.68. The Bertz CT molecular complexity index is 605. The van der Waals surface area contributed by atoms with Crippen molar-refractivity contribution in [1.82, 2.24) is 0 Å². The molecule has 6 heteroatoms. The minimum Gasteiger partial charge on any atom is -0.258 e. The predicted octanol–water partition coefficient (Wildman–Crippen LogP) is 3.34. The van der Waals surface area contributed by atoms with E-state index in [0.717, 1.165) is 12.0 Å². The first-order valence-electron chi connectivity index (χ1n) is 6.13. The van der Waals surface area contributed by atoms with Crippen molar-refractivity contribution in [3.63, 3.8) is 0 Å². The molecule has 0 amide bonds. The van der Waals surface area contributed by atoms with Crippen molar-refractivity contribution in [2.75, 3.05) is 0 Å². The summed E-state index contributed by atoms with van der Waals surface area (Å²) in [4.78, 5) is 21.5. The molecule has 1 aromatic rings. The fraction of sp³-hybridized carbons (Fsp3) is 0.538. The Balaban J connectivity index is 2.95. The fourth-order valence-electron chi connectivity index (χ4n) is 3.16. The number of nitrogens with zero attached hydrogens (tertiary/aromatic N) is 2. The molecule has 0 saturated carbocycles. The van der Waals surface area contributed by atoms with Crippen LogP contribution in [0.4, 0.5) is 11.4 Å². The largest absolute Gasteiger partial charge is 0.283 e. The Hall–Kier alpha value is -1.98. The average Bonchev–Trinajstić information content (AvgIpc) is 2.54. The number of fused-ring (bicyclic) bond motifs is 1. The van der Waals surface area contributed by atoms with Gasteiger partial charge < -0.3 is 0 Å². The van der Waals surface area contributed by atoms with E-state index in [-0.39, 0.29) is 22.4 Å². The van der Waals surface area contributed by atoms with Crippen LogP contribution in [-0.2, 0) is 11.8 Å². The van der Waals surface area contributed by atoms with E-state index in [4.69, 9.17) is 0 Å². The van der Waals surface area contributed by atoms with Crippen molar-refractivity contribution >= 4 is 11.4 Å². The van der Waals surface area contributed by atoms with Gasteiger partial charge >= 0.3 is 0 Å². The summed E-state index contributed by atoms with van der Waals surface area (Å²) in [6.07, 6.45) is 1.45. The molecule has 6 nitrogen and oxygen atoms in total. The summed E-state index contributed by atoms with van der Waals surface area (Å²) in [7, 11) is 0. The predicted molar refractivity (Wildman–Crippen MR) is 70.6 cm³/mol. The van der Waals surface area contributed by atoms with E-state index in [2.05, 4.69) is 0 Å². The lowest BCUT2D eigenvalue weighted by Crippen LogP contribution is -2.16. The van der Waals surface area contributed by atoms with Gasteiger partial charge in [0, 0.05) is 11.1 Å². The van der Waals surface area contributed by atoms with Crippen LogP contribution in [0.3, 0.4) is 0 Å². The van der Waals surface area contributed by atoms with Gasteiger partial charge in [0.2, 0.25) is 0 Å². The number of hydrogen-bond donors (Lipinski definition) is 0. The van der Waals surface area contributed by atoms with Gasteiger partial charge in [0.25, 0.3) is 11.4 Å². The molecule has 0 bridgehead atoms. The smallest absolute Gasteiger partial charge is 0.258 e. The van der Waals surface area contributed by atoms with Crippen LogP contribution in [0.1, 0.15) is 42.5 Å². The molecule has 0 N–H and O–H groups in total. The first-order chi connectivity index (χ1) is 8.68. The van der Waals surface area contributed by atoms with E-state index in [1.54, 1.807) is 6.92 Å². The molecule has 1 aliphatic rings. The van der Waals surface area contributed by atoms with Gasteiger partial charge in [0.1, 0.15) is 5.56 Å². The minimum atomic E-state index is -0.511. The maximum atomic E-state index is 11.3. The molecule has 0 heterocycles. The lowest BCUT2D eigenvalue weighted by Gasteiger charge is -2.20. The van der Waals surface area contributed by atoms with Gasteiger partial charge in [-0.05, 0) is 37.7 Å². The molecule has 0 saturated heterocycles. The number of benzene rings is 1. The van der Waals surface area contributed by atoms with Crippen LogP contribution in [0, 0.1) is 34.1 Å². The third-order valence-electron chi connectivity index (χ3n) is 4.10. The first kappa shape index (κ1) is 13.5. The normalized spacial score (nSPS) is 16.2. The minimum absolute atomic E-state index is 0.0743. The Labute approximate surface area is 110 Å². The third kappa shape index (κ3) is 1.78. The summed E-state index contributed by atoms with van der Waals surface area (Å²) in [5.74, 6) is 0. The van der Waals surface area contributed by atoms with Gasteiger partial charge in [-0.1, -0.05) is 13.8 Å². The summed E-state index contributed by atoms with van der Waals surface area (Å²) in [6, 6.07) is 0. The van der Waals surface area contributed by atoms with Crippen LogP contribution in [-0.4, -0.2) is 9.85 Å². The van der Waals surface area contributed by atoms with Crippen molar-refractivity contribution in [2.45, 2.75) is 46.0 Å². The fourth-order valence-corrected chi connectivity index (χ4v) is 3.16. The maximum Gasteiger partial charge on any atom is 0.283 e. The maximum absolute atomic E-state index is 11.3. The SMILES string of the molecule is Cc1c2c(c([N+](=O)[O-])c(C)c1[N+](=O)[O-])C(C)(C)CC2. The lowest BCUT2D eigenvalue weighted by atomic mass is 9.83. The average molecular weight is 264 g/mol. The van der Waals surface area contributed by atoms with E-state index in [1.807, 2.05) is 13.8 Å².